The molecule has 100 valence electrons. The average Bonchev–Trinajstić information content (AvgIpc) is 2.51. The highest BCUT2D eigenvalue weighted by molar-refractivity contribution is 5.81. The van der Waals surface area contributed by atoms with Crippen molar-refractivity contribution in [3.63, 3.8) is 0 Å². The summed E-state index contributed by atoms with van der Waals surface area (Å²) in [6, 6.07) is -0.304. The average molecular weight is 240 g/mol. The number of carbonyl (C=O) groups is 1. The molecule has 1 aliphatic heterocycles. The number of carbonyl (C=O) groups excluding carboxylic acids is 1. The zero-order chi connectivity index (χ0) is 13.1. The van der Waals surface area contributed by atoms with Crippen LogP contribution in [0, 0.1) is 11.3 Å². The quantitative estimate of drug-likeness (QED) is 0.805. The largest absolute Gasteiger partial charge is 0.341 e. The highest BCUT2D eigenvalue weighted by Gasteiger charge is 2.29. The van der Waals surface area contributed by atoms with Crippen LogP contribution in [0.25, 0.3) is 0 Å². The van der Waals surface area contributed by atoms with Crippen molar-refractivity contribution in [1.29, 1.82) is 0 Å². The van der Waals surface area contributed by atoms with Crippen molar-refractivity contribution >= 4 is 5.91 Å². The van der Waals surface area contributed by atoms with E-state index in [2.05, 4.69) is 20.8 Å². The van der Waals surface area contributed by atoms with Crippen molar-refractivity contribution in [1.82, 2.24) is 4.90 Å². The Labute approximate surface area is 106 Å². The molecule has 1 heterocycles. The third-order valence-electron chi connectivity index (χ3n) is 4.02. The molecule has 1 aliphatic rings. The molecule has 1 saturated heterocycles. The van der Waals surface area contributed by atoms with Gasteiger partial charge in [0.15, 0.2) is 0 Å². The summed E-state index contributed by atoms with van der Waals surface area (Å²) in [7, 11) is 0. The molecule has 2 atom stereocenters. The molecule has 0 radical (unpaired) electrons. The highest BCUT2D eigenvalue weighted by Crippen LogP contribution is 2.34. The first-order valence-corrected chi connectivity index (χ1v) is 6.90. The van der Waals surface area contributed by atoms with Gasteiger partial charge in [0.05, 0.1) is 6.04 Å². The van der Waals surface area contributed by atoms with Crippen LogP contribution in [-0.2, 0) is 4.79 Å². The van der Waals surface area contributed by atoms with Crippen molar-refractivity contribution < 1.29 is 4.79 Å². The number of hydrogen-bond donors (Lipinski definition) is 1. The molecule has 0 aromatic rings. The molecule has 0 aliphatic carbocycles. The Balaban J connectivity index is 2.56. The van der Waals surface area contributed by atoms with E-state index in [0.29, 0.717) is 5.41 Å². The van der Waals surface area contributed by atoms with Gasteiger partial charge in [-0.05, 0) is 37.0 Å². The standard InChI is InChI=1S/C14H28N2O/c1-5-12(15)13(17)16-9-6-7-11(8-10-16)14(2,3)4/h11-12H,5-10,15H2,1-4H3/t11?,12-/m1/s1. The van der Waals surface area contributed by atoms with Gasteiger partial charge in [-0.25, -0.2) is 0 Å². The Hall–Kier alpha value is -0.570. The smallest absolute Gasteiger partial charge is 0.239 e. The van der Waals surface area contributed by atoms with Crippen molar-refractivity contribution in [3.8, 4) is 0 Å². The molecule has 1 fully saturated rings. The van der Waals surface area contributed by atoms with Gasteiger partial charge in [-0.3, -0.25) is 4.79 Å². The van der Waals surface area contributed by atoms with E-state index < -0.39 is 0 Å². The highest BCUT2D eigenvalue weighted by atomic mass is 16.2. The fraction of sp³-hybridized carbons (Fsp3) is 0.929. The predicted molar refractivity (Wildman–Crippen MR) is 71.6 cm³/mol. The van der Waals surface area contributed by atoms with Gasteiger partial charge in [0.25, 0.3) is 0 Å². The molecule has 0 saturated carbocycles. The van der Waals surface area contributed by atoms with Crippen LogP contribution < -0.4 is 5.73 Å². The Morgan fingerprint density at radius 2 is 2.00 bits per heavy atom. The zero-order valence-electron chi connectivity index (χ0n) is 11.8. The van der Waals surface area contributed by atoms with Crippen LogP contribution in [0.4, 0.5) is 0 Å². The Morgan fingerprint density at radius 1 is 1.35 bits per heavy atom. The minimum atomic E-state index is -0.304. The first kappa shape index (κ1) is 14.5. The molecule has 3 heteroatoms. The van der Waals surface area contributed by atoms with Gasteiger partial charge in [-0.1, -0.05) is 27.7 Å². The SMILES string of the molecule is CC[C@@H](N)C(=O)N1CCCC(C(C)(C)C)CC1. The Bertz CT molecular complexity index is 257. The van der Waals surface area contributed by atoms with Gasteiger partial charge in [0.2, 0.25) is 5.91 Å². The van der Waals surface area contributed by atoms with E-state index in [1.807, 2.05) is 11.8 Å². The van der Waals surface area contributed by atoms with Crippen molar-refractivity contribution in [3.05, 3.63) is 0 Å². The number of rotatable bonds is 2. The topological polar surface area (TPSA) is 46.3 Å². The van der Waals surface area contributed by atoms with E-state index in [1.54, 1.807) is 0 Å². The fourth-order valence-electron chi connectivity index (χ4n) is 2.59. The lowest BCUT2D eigenvalue weighted by molar-refractivity contribution is -0.132. The molecule has 17 heavy (non-hydrogen) atoms. The molecule has 0 aromatic carbocycles. The summed E-state index contributed by atoms with van der Waals surface area (Å²) < 4.78 is 0. The molecule has 1 unspecified atom stereocenters. The molecule has 0 aromatic heterocycles. The van der Waals surface area contributed by atoms with E-state index >= 15 is 0 Å². The summed E-state index contributed by atoms with van der Waals surface area (Å²) in [5.41, 5.74) is 6.18. The van der Waals surface area contributed by atoms with Crippen LogP contribution in [0.5, 0.6) is 0 Å². The Kier molecular flexibility index (Phi) is 4.99. The van der Waals surface area contributed by atoms with Crippen molar-refractivity contribution in [2.45, 2.75) is 59.4 Å². The second-order valence-corrected chi connectivity index (χ2v) is 6.33. The maximum atomic E-state index is 12.0. The van der Waals surface area contributed by atoms with E-state index in [4.69, 9.17) is 5.73 Å². The molecule has 0 bridgehead atoms. The number of amides is 1. The third kappa shape index (κ3) is 3.98. The monoisotopic (exact) mass is 240 g/mol. The number of nitrogens with two attached hydrogens (primary N) is 1. The van der Waals surface area contributed by atoms with Crippen LogP contribution in [0.1, 0.15) is 53.4 Å². The normalized spacial score (nSPS) is 24.3. The van der Waals surface area contributed by atoms with Gasteiger partial charge in [0.1, 0.15) is 0 Å². The van der Waals surface area contributed by atoms with E-state index in [0.717, 1.165) is 38.3 Å². The van der Waals surface area contributed by atoms with Crippen LogP contribution in [0.15, 0.2) is 0 Å². The molecule has 0 spiro atoms. The number of likely N-dealkylation sites (tertiary alicyclic amines) is 1. The van der Waals surface area contributed by atoms with Gasteiger partial charge in [0, 0.05) is 13.1 Å². The second-order valence-electron chi connectivity index (χ2n) is 6.33. The summed E-state index contributed by atoms with van der Waals surface area (Å²) in [4.78, 5) is 14.0. The van der Waals surface area contributed by atoms with Crippen LogP contribution in [0.3, 0.4) is 0 Å². The maximum Gasteiger partial charge on any atom is 0.239 e. The maximum absolute atomic E-state index is 12.0. The minimum Gasteiger partial charge on any atom is -0.341 e. The first-order chi connectivity index (χ1) is 7.86. The van der Waals surface area contributed by atoms with Gasteiger partial charge >= 0.3 is 0 Å². The van der Waals surface area contributed by atoms with Gasteiger partial charge in [-0.15, -0.1) is 0 Å². The lowest BCUT2D eigenvalue weighted by atomic mass is 9.77. The molecular weight excluding hydrogens is 212 g/mol. The number of hydrogen-bond acceptors (Lipinski definition) is 2. The third-order valence-corrected chi connectivity index (χ3v) is 4.02. The second kappa shape index (κ2) is 5.85. The molecule has 1 amide bonds. The molecule has 3 nitrogen and oxygen atoms in total. The molecule has 1 rings (SSSR count). The predicted octanol–water partition coefficient (Wildman–Crippen LogP) is 2.40. The minimum absolute atomic E-state index is 0.141. The van der Waals surface area contributed by atoms with Gasteiger partial charge in [-0.2, -0.15) is 0 Å². The zero-order valence-corrected chi connectivity index (χ0v) is 11.8. The first-order valence-electron chi connectivity index (χ1n) is 6.90. The van der Waals surface area contributed by atoms with Crippen LogP contribution in [0.2, 0.25) is 0 Å². The summed E-state index contributed by atoms with van der Waals surface area (Å²) in [6.45, 7) is 10.6. The summed E-state index contributed by atoms with van der Waals surface area (Å²) in [5, 5.41) is 0. The molecule has 2 N–H and O–H groups in total. The lowest BCUT2D eigenvalue weighted by Crippen LogP contribution is -2.44. The van der Waals surface area contributed by atoms with E-state index in [1.165, 1.54) is 6.42 Å². The summed E-state index contributed by atoms with van der Waals surface area (Å²) in [6.07, 6.45) is 4.20. The molecular formula is C14H28N2O. The lowest BCUT2D eigenvalue weighted by Gasteiger charge is -2.30. The van der Waals surface area contributed by atoms with E-state index in [9.17, 15) is 4.79 Å². The summed E-state index contributed by atoms with van der Waals surface area (Å²) >= 11 is 0. The summed E-state index contributed by atoms with van der Waals surface area (Å²) in [5.74, 6) is 0.861. The van der Waals surface area contributed by atoms with Gasteiger partial charge < -0.3 is 10.6 Å². The fourth-order valence-corrected chi connectivity index (χ4v) is 2.59. The van der Waals surface area contributed by atoms with Crippen LogP contribution >= 0.6 is 0 Å². The van der Waals surface area contributed by atoms with Crippen molar-refractivity contribution in [2.75, 3.05) is 13.1 Å². The Morgan fingerprint density at radius 3 is 2.53 bits per heavy atom. The number of nitrogens with zero attached hydrogens (tertiary/aromatic N) is 1. The van der Waals surface area contributed by atoms with E-state index in [-0.39, 0.29) is 11.9 Å². The van der Waals surface area contributed by atoms with Crippen molar-refractivity contribution in [2.24, 2.45) is 17.1 Å². The van der Waals surface area contributed by atoms with Crippen LogP contribution in [-0.4, -0.2) is 29.9 Å².